The molecule has 164 valence electrons. The van der Waals surface area contributed by atoms with Gasteiger partial charge in [0.25, 0.3) is 5.56 Å². The van der Waals surface area contributed by atoms with Crippen LogP contribution in [0.2, 0.25) is 18.1 Å². The summed E-state index contributed by atoms with van der Waals surface area (Å²) in [5.41, 5.74) is -0.534. The largest absolute Gasteiger partial charge is 0.624 e. The van der Waals surface area contributed by atoms with Crippen molar-refractivity contribution < 1.29 is 13.9 Å². The Kier molecular flexibility index (Phi) is 7.29. The molecule has 2 rings (SSSR count). The molecule has 0 unspecified atom stereocenters. The van der Waals surface area contributed by atoms with Crippen LogP contribution in [0.4, 0.5) is 0 Å². The average Bonchev–Trinajstić information content (AvgIpc) is 3.04. The van der Waals surface area contributed by atoms with Crippen LogP contribution < -0.4 is 11.2 Å². The van der Waals surface area contributed by atoms with Crippen molar-refractivity contribution in [2.45, 2.75) is 90.4 Å². The number of hydrogen-bond donors (Lipinski definition) is 1. The molecule has 9 heteroatoms. The molecule has 0 amide bonds. The predicted molar refractivity (Wildman–Crippen MR) is 116 cm³/mol. The van der Waals surface area contributed by atoms with E-state index in [-0.39, 0.29) is 5.04 Å². The van der Waals surface area contributed by atoms with Gasteiger partial charge in [0.2, 0.25) is 0 Å². The average molecular weight is 426 g/mol. The number of rotatable bonds is 7. The first-order chi connectivity index (χ1) is 13.4. The fourth-order valence-corrected chi connectivity index (χ4v) is 4.02. The molecule has 0 aromatic carbocycles. The van der Waals surface area contributed by atoms with Gasteiger partial charge >= 0.3 is 5.69 Å². The molecular weight excluding hydrogens is 390 g/mol. The molecule has 1 saturated heterocycles. The van der Waals surface area contributed by atoms with Gasteiger partial charge in [0, 0.05) is 18.2 Å². The van der Waals surface area contributed by atoms with E-state index in [4.69, 9.17) is 9.16 Å². The smallest absolute Gasteiger partial charge is 0.330 e. The van der Waals surface area contributed by atoms with E-state index in [1.54, 1.807) is 13.1 Å². The van der Waals surface area contributed by atoms with Gasteiger partial charge in [-0.2, -0.15) is 0 Å². The Labute approximate surface area is 173 Å². The third-order valence-corrected chi connectivity index (χ3v) is 10.5. The molecule has 0 spiro atoms. The zero-order valence-corrected chi connectivity index (χ0v) is 19.7. The van der Waals surface area contributed by atoms with Gasteiger partial charge < -0.3 is 14.4 Å². The Hall–Kier alpha value is -1.71. The molecule has 0 saturated carbocycles. The van der Waals surface area contributed by atoms with Crippen LogP contribution in [0.25, 0.3) is 0 Å². The summed E-state index contributed by atoms with van der Waals surface area (Å²) < 4.78 is 14.7. The van der Waals surface area contributed by atoms with E-state index >= 15 is 0 Å². The van der Waals surface area contributed by atoms with Crippen molar-refractivity contribution in [3.05, 3.63) is 37.8 Å². The first kappa shape index (κ1) is 23.6. The van der Waals surface area contributed by atoms with E-state index in [0.29, 0.717) is 25.0 Å². The van der Waals surface area contributed by atoms with Crippen molar-refractivity contribution in [2.75, 3.05) is 6.61 Å². The maximum Gasteiger partial charge on any atom is 0.330 e. The number of aromatic nitrogens is 2. The van der Waals surface area contributed by atoms with E-state index < -0.39 is 37.9 Å². The van der Waals surface area contributed by atoms with E-state index in [0.717, 1.165) is 11.2 Å². The molecule has 0 aliphatic carbocycles. The third-order valence-electron chi connectivity index (χ3n) is 6.00. The van der Waals surface area contributed by atoms with Crippen LogP contribution in [0.3, 0.4) is 0 Å². The van der Waals surface area contributed by atoms with E-state index in [9.17, 15) is 14.8 Å². The van der Waals surface area contributed by atoms with Gasteiger partial charge in [-0.3, -0.25) is 14.3 Å². The minimum absolute atomic E-state index is 0.0406. The molecule has 1 N–H and O–H groups in total. The first-order valence-corrected chi connectivity index (χ1v) is 13.2. The Balaban J connectivity index is 2.29. The summed E-state index contributed by atoms with van der Waals surface area (Å²) in [6.45, 7) is 14.7. The summed E-state index contributed by atoms with van der Waals surface area (Å²) >= 11 is 0. The molecule has 1 aliphatic rings. The van der Waals surface area contributed by atoms with Crippen molar-refractivity contribution >= 4 is 14.5 Å². The number of H-pyrrole nitrogens is 1. The zero-order chi connectivity index (χ0) is 22.0. The minimum Gasteiger partial charge on any atom is -0.624 e. The van der Waals surface area contributed by atoms with Gasteiger partial charge in [-0.1, -0.05) is 27.7 Å². The second kappa shape index (κ2) is 8.97. The SMILES string of the molecule is CCC/C=[N+](/[O-])[C@@H]1C[C@@H](n2cc(C)c(=O)[nH]c2=O)O[C@H]1CO[Si](C)(C)C(C)(C)C. The minimum atomic E-state index is -2.02. The van der Waals surface area contributed by atoms with Crippen LogP contribution in [0.15, 0.2) is 15.8 Å². The van der Waals surface area contributed by atoms with Crippen molar-refractivity contribution in [3.8, 4) is 0 Å². The van der Waals surface area contributed by atoms with Crippen LogP contribution >= 0.6 is 0 Å². The lowest BCUT2D eigenvalue weighted by atomic mass is 10.1. The maximum absolute atomic E-state index is 12.7. The number of hydroxylamine groups is 1. The summed E-state index contributed by atoms with van der Waals surface area (Å²) in [5, 5.41) is 12.8. The first-order valence-electron chi connectivity index (χ1n) is 10.3. The number of nitrogens with one attached hydrogen (secondary N) is 1. The summed E-state index contributed by atoms with van der Waals surface area (Å²) in [5.74, 6) is 0. The molecule has 0 radical (unpaired) electrons. The highest BCUT2D eigenvalue weighted by atomic mass is 28.4. The predicted octanol–water partition coefficient (Wildman–Crippen LogP) is 2.90. The number of hydrogen-bond acceptors (Lipinski definition) is 5. The van der Waals surface area contributed by atoms with Gasteiger partial charge in [0.15, 0.2) is 20.6 Å². The van der Waals surface area contributed by atoms with E-state index in [1.807, 2.05) is 6.92 Å². The molecule has 29 heavy (non-hydrogen) atoms. The number of nitrogens with zero attached hydrogens (tertiary/aromatic N) is 2. The monoisotopic (exact) mass is 425 g/mol. The van der Waals surface area contributed by atoms with E-state index in [2.05, 4.69) is 38.8 Å². The van der Waals surface area contributed by atoms with Crippen molar-refractivity contribution in [1.82, 2.24) is 9.55 Å². The van der Waals surface area contributed by atoms with Crippen molar-refractivity contribution in [1.29, 1.82) is 0 Å². The zero-order valence-electron chi connectivity index (χ0n) is 18.7. The quantitative estimate of drug-likeness (QED) is 0.238. The molecule has 2 heterocycles. The lowest BCUT2D eigenvalue weighted by Crippen LogP contribution is -2.45. The highest BCUT2D eigenvalue weighted by Gasteiger charge is 2.45. The Morgan fingerprint density at radius 3 is 2.66 bits per heavy atom. The second-order valence-electron chi connectivity index (χ2n) is 9.31. The van der Waals surface area contributed by atoms with Crippen LogP contribution in [-0.4, -0.2) is 47.6 Å². The molecule has 8 nitrogen and oxygen atoms in total. The van der Waals surface area contributed by atoms with Gasteiger partial charge in [0.05, 0.1) is 13.0 Å². The number of unbranched alkanes of at least 4 members (excludes halogenated alkanes) is 1. The summed E-state index contributed by atoms with van der Waals surface area (Å²) in [6, 6.07) is -0.449. The second-order valence-corrected chi connectivity index (χ2v) is 14.1. The van der Waals surface area contributed by atoms with Gasteiger partial charge in [-0.15, -0.1) is 0 Å². The van der Waals surface area contributed by atoms with Gasteiger partial charge in [0.1, 0.15) is 12.3 Å². The van der Waals surface area contributed by atoms with Gasteiger partial charge in [-0.25, -0.2) is 9.53 Å². The third kappa shape index (κ3) is 5.46. The lowest BCUT2D eigenvalue weighted by molar-refractivity contribution is -0.503. The normalized spacial score (nSPS) is 23.6. The summed E-state index contributed by atoms with van der Waals surface area (Å²) in [7, 11) is -2.02. The Morgan fingerprint density at radius 1 is 1.41 bits per heavy atom. The summed E-state index contributed by atoms with van der Waals surface area (Å²) in [6.07, 6.45) is 3.95. The number of aromatic amines is 1. The fourth-order valence-electron chi connectivity index (χ4n) is 3.00. The molecular formula is C20H35N3O5Si. The van der Waals surface area contributed by atoms with Crippen LogP contribution in [0, 0.1) is 12.1 Å². The van der Waals surface area contributed by atoms with Crippen LogP contribution in [0.5, 0.6) is 0 Å². The van der Waals surface area contributed by atoms with Crippen molar-refractivity contribution in [2.24, 2.45) is 0 Å². The lowest BCUT2D eigenvalue weighted by Gasteiger charge is -2.37. The standard InChI is InChI=1S/C20H35N3O5Si/c1-8-9-10-23(26)15-11-17(22-12-14(2)18(24)21-19(22)25)28-16(15)13-27-29(6,7)20(3,4)5/h10,12,15-17H,8-9,11,13H2,1-7H3,(H,21,24,25)/b23-10+/t15-,16+,17+/m1/s1. The Morgan fingerprint density at radius 2 is 2.07 bits per heavy atom. The van der Waals surface area contributed by atoms with Crippen LogP contribution in [-0.2, 0) is 9.16 Å². The molecule has 1 aliphatic heterocycles. The molecule has 0 bridgehead atoms. The van der Waals surface area contributed by atoms with Crippen LogP contribution in [0.1, 0.15) is 58.7 Å². The topological polar surface area (TPSA) is 99.4 Å². The molecule has 1 aromatic heterocycles. The Bertz CT molecular complexity index is 853. The van der Waals surface area contributed by atoms with Gasteiger partial charge in [-0.05, 0) is 31.5 Å². The number of aryl methyl sites for hydroxylation is 1. The molecule has 1 aromatic rings. The maximum atomic E-state index is 12.7. The summed E-state index contributed by atoms with van der Waals surface area (Å²) in [4.78, 5) is 26.3. The molecule has 1 fully saturated rings. The highest BCUT2D eigenvalue weighted by Crippen LogP contribution is 2.38. The van der Waals surface area contributed by atoms with E-state index in [1.165, 1.54) is 10.8 Å². The molecule has 3 atom stereocenters. The fraction of sp³-hybridized carbons (Fsp3) is 0.750. The number of ether oxygens (including phenoxy) is 1. The van der Waals surface area contributed by atoms with Crippen molar-refractivity contribution in [3.63, 3.8) is 0 Å². The highest BCUT2D eigenvalue weighted by molar-refractivity contribution is 6.74.